The molecule has 0 aromatic carbocycles. The molecule has 1 atom stereocenters. The van der Waals surface area contributed by atoms with Gasteiger partial charge in [-0.25, -0.2) is 9.97 Å². The third-order valence-corrected chi connectivity index (χ3v) is 6.38. The van der Waals surface area contributed by atoms with Gasteiger partial charge in [0.1, 0.15) is 6.10 Å². The van der Waals surface area contributed by atoms with Crippen molar-refractivity contribution in [2.24, 2.45) is 13.0 Å². The van der Waals surface area contributed by atoms with Gasteiger partial charge in [-0.2, -0.15) is 0 Å². The number of allylic oxidation sites excluding steroid dienone is 7. The molecule has 0 radical (unpaired) electrons. The number of nitrogens with one attached hydrogen (secondary N) is 1. The summed E-state index contributed by atoms with van der Waals surface area (Å²) in [4.78, 5) is 23.7. The minimum Gasteiger partial charge on any atom is -0.474 e. The van der Waals surface area contributed by atoms with Crippen molar-refractivity contribution >= 4 is 11.5 Å². The van der Waals surface area contributed by atoms with Crippen molar-refractivity contribution in [1.82, 2.24) is 24.8 Å². The molecule has 4 rings (SSSR count). The van der Waals surface area contributed by atoms with Crippen LogP contribution in [0.3, 0.4) is 0 Å². The molecule has 0 bridgehead atoms. The number of amides is 1. The molecule has 1 fully saturated rings. The van der Waals surface area contributed by atoms with Gasteiger partial charge in [0.05, 0.1) is 18.2 Å². The van der Waals surface area contributed by atoms with Crippen LogP contribution >= 0.6 is 0 Å². The lowest BCUT2D eigenvalue weighted by Gasteiger charge is -2.28. The Morgan fingerprint density at radius 1 is 1.29 bits per heavy atom. The van der Waals surface area contributed by atoms with Crippen LogP contribution < -0.4 is 10.1 Å². The van der Waals surface area contributed by atoms with Gasteiger partial charge in [0.25, 0.3) is 5.91 Å². The van der Waals surface area contributed by atoms with Crippen molar-refractivity contribution in [2.75, 3.05) is 20.1 Å². The summed E-state index contributed by atoms with van der Waals surface area (Å²) in [7, 11) is 4.10. The van der Waals surface area contributed by atoms with Crippen LogP contribution in [-0.2, 0) is 7.05 Å². The molecule has 0 saturated carbocycles. The van der Waals surface area contributed by atoms with Gasteiger partial charge in [-0.1, -0.05) is 12.2 Å². The van der Waals surface area contributed by atoms with E-state index in [0.717, 1.165) is 54.9 Å². The first kappa shape index (κ1) is 23.7. The van der Waals surface area contributed by atoms with E-state index < -0.39 is 0 Å². The van der Waals surface area contributed by atoms with E-state index in [2.05, 4.69) is 46.0 Å². The molecular weight excluding hydrogens is 426 g/mol. The highest BCUT2D eigenvalue weighted by molar-refractivity contribution is 5.95. The van der Waals surface area contributed by atoms with E-state index in [1.807, 2.05) is 36.9 Å². The van der Waals surface area contributed by atoms with E-state index in [9.17, 15) is 4.79 Å². The molecule has 1 amide bonds. The first-order chi connectivity index (χ1) is 16.4. The Labute approximate surface area is 201 Å². The Balaban J connectivity index is 1.44. The van der Waals surface area contributed by atoms with Crippen molar-refractivity contribution in [3.8, 4) is 5.88 Å². The van der Waals surface area contributed by atoms with Gasteiger partial charge in [0.2, 0.25) is 5.88 Å². The van der Waals surface area contributed by atoms with Gasteiger partial charge in [-0.15, -0.1) is 6.58 Å². The number of likely N-dealkylation sites (tertiary alicyclic amines) is 1. The second-order valence-electron chi connectivity index (χ2n) is 9.06. The zero-order chi connectivity index (χ0) is 24.1. The second kappa shape index (κ2) is 10.7. The van der Waals surface area contributed by atoms with Crippen molar-refractivity contribution in [2.45, 2.75) is 32.3 Å². The second-order valence-corrected chi connectivity index (χ2v) is 9.06. The third kappa shape index (κ3) is 5.72. The van der Waals surface area contributed by atoms with E-state index in [4.69, 9.17) is 4.74 Å². The summed E-state index contributed by atoms with van der Waals surface area (Å²) in [6, 6.07) is 3.43. The number of piperidine rings is 1. The zero-order valence-corrected chi connectivity index (χ0v) is 20.2. The molecule has 1 unspecified atom stereocenters. The fourth-order valence-electron chi connectivity index (χ4n) is 4.36. The predicted octanol–water partition coefficient (Wildman–Crippen LogP) is 4.14. The van der Waals surface area contributed by atoms with E-state index in [1.54, 1.807) is 24.7 Å². The van der Waals surface area contributed by atoms with Crippen LogP contribution in [0.4, 0.5) is 0 Å². The highest BCUT2D eigenvalue weighted by atomic mass is 16.5. The maximum atomic E-state index is 12.9. The zero-order valence-electron chi connectivity index (χ0n) is 20.2. The summed E-state index contributed by atoms with van der Waals surface area (Å²) in [6.07, 6.45) is 16.5. The quantitative estimate of drug-likeness (QED) is 0.630. The lowest BCUT2D eigenvalue weighted by molar-refractivity contribution is 0.0960. The number of aromatic nitrogens is 3. The van der Waals surface area contributed by atoms with Crippen LogP contribution in [0.1, 0.15) is 42.2 Å². The number of nitrogens with zero attached hydrogens (tertiary/aromatic N) is 4. The Kier molecular flexibility index (Phi) is 7.43. The number of imidazole rings is 1. The van der Waals surface area contributed by atoms with Crippen molar-refractivity contribution in [1.29, 1.82) is 0 Å². The van der Waals surface area contributed by atoms with Crippen molar-refractivity contribution in [3.63, 3.8) is 0 Å². The van der Waals surface area contributed by atoms with Crippen molar-refractivity contribution in [3.05, 3.63) is 84.3 Å². The smallest absolute Gasteiger partial charge is 0.255 e. The molecule has 1 aliphatic heterocycles. The van der Waals surface area contributed by atoms with E-state index in [1.165, 1.54) is 0 Å². The van der Waals surface area contributed by atoms with Gasteiger partial charge in [0, 0.05) is 49.6 Å². The number of ether oxygens (including phenoxy) is 1. The number of pyridine rings is 1. The molecule has 2 aromatic heterocycles. The number of carbonyl (C=O) groups is 1. The summed E-state index contributed by atoms with van der Waals surface area (Å²) in [5.41, 5.74) is 4.58. The molecule has 7 heteroatoms. The monoisotopic (exact) mass is 459 g/mol. The molecule has 34 heavy (non-hydrogen) atoms. The molecule has 2 aliphatic rings. The van der Waals surface area contributed by atoms with Crippen LogP contribution in [-0.4, -0.2) is 51.6 Å². The SMILES string of the molecule is C=CC1CC=C(c2cncn2C)C=C1/C=C(\C)NC(=O)c1ccnc(OC2CCN(C)CC2)c1. The normalized spacial score (nSPS) is 19.9. The standard InChI is InChI=1S/C27H33N5O2/c1-5-20-6-7-21(25-17-28-18-32(25)4)15-23(20)14-19(2)30-27(33)22-8-11-29-26(16-22)34-24-9-12-31(3)13-10-24/h5,7-8,11,14-18,20,24H,1,6,9-10,12-13H2,2-4H3,(H,30,33)/b19-14+. The first-order valence-corrected chi connectivity index (χ1v) is 11.7. The van der Waals surface area contributed by atoms with Crippen LogP contribution in [0.25, 0.3) is 5.57 Å². The van der Waals surface area contributed by atoms with Gasteiger partial charge in [0.15, 0.2) is 0 Å². The van der Waals surface area contributed by atoms with Gasteiger partial charge >= 0.3 is 0 Å². The molecule has 3 heterocycles. The summed E-state index contributed by atoms with van der Waals surface area (Å²) in [5, 5.41) is 3.01. The summed E-state index contributed by atoms with van der Waals surface area (Å²) in [6.45, 7) is 7.91. The molecule has 7 nitrogen and oxygen atoms in total. The summed E-state index contributed by atoms with van der Waals surface area (Å²) in [5.74, 6) is 0.508. The largest absolute Gasteiger partial charge is 0.474 e. The summed E-state index contributed by atoms with van der Waals surface area (Å²) < 4.78 is 8.04. The van der Waals surface area contributed by atoms with Gasteiger partial charge in [-0.05, 0) is 62.6 Å². The van der Waals surface area contributed by atoms with Crippen molar-refractivity contribution < 1.29 is 9.53 Å². The topological polar surface area (TPSA) is 72.3 Å². The number of aryl methyl sites for hydroxylation is 1. The average Bonchev–Trinajstić information content (AvgIpc) is 3.26. The van der Waals surface area contributed by atoms with Crippen LogP contribution in [0.15, 0.2) is 73.0 Å². The minimum atomic E-state index is -0.182. The lowest BCUT2D eigenvalue weighted by atomic mass is 9.87. The lowest BCUT2D eigenvalue weighted by Crippen LogP contribution is -2.35. The Bertz CT molecular complexity index is 1140. The highest BCUT2D eigenvalue weighted by Crippen LogP contribution is 2.31. The predicted molar refractivity (Wildman–Crippen MR) is 134 cm³/mol. The van der Waals surface area contributed by atoms with E-state index in [0.29, 0.717) is 11.4 Å². The Morgan fingerprint density at radius 2 is 2.09 bits per heavy atom. The molecule has 1 saturated heterocycles. The molecule has 178 valence electrons. The van der Waals surface area contributed by atoms with E-state index in [-0.39, 0.29) is 17.9 Å². The van der Waals surface area contributed by atoms with Crippen LogP contribution in [0.5, 0.6) is 5.88 Å². The Hall–Kier alpha value is -3.45. The maximum Gasteiger partial charge on any atom is 0.255 e. The first-order valence-electron chi connectivity index (χ1n) is 11.7. The number of hydrogen-bond acceptors (Lipinski definition) is 5. The molecular formula is C27H33N5O2. The van der Waals surface area contributed by atoms with E-state index >= 15 is 0 Å². The number of rotatable bonds is 7. The third-order valence-electron chi connectivity index (χ3n) is 6.38. The fourth-order valence-corrected chi connectivity index (χ4v) is 4.36. The molecule has 1 N–H and O–H groups in total. The summed E-state index contributed by atoms with van der Waals surface area (Å²) >= 11 is 0. The van der Waals surface area contributed by atoms with Crippen LogP contribution in [0.2, 0.25) is 0 Å². The number of carbonyl (C=O) groups excluding carboxylic acids is 1. The molecule has 0 spiro atoms. The average molecular weight is 460 g/mol. The molecule has 2 aromatic rings. The molecule has 1 aliphatic carbocycles. The number of hydrogen-bond donors (Lipinski definition) is 1. The van der Waals surface area contributed by atoms with Crippen LogP contribution in [0, 0.1) is 5.92 Å². The highest BCUT2D eigenvalue weighted by Gasteiger charge is 2.20. The fraction of sp³-hybridized carbons (Fsp3) is 0.370. The van der Waals surface area contributed by atoms with Gasteiger partial charge in [-0.3, -0.25) is 4.79 Å². The Morgan fingerprint density at radius 3 is 2.79 bits per heavy atom. The van der Waals surface area contributed by atoms with Gasteiger partial charge < -0.3 is 19.5 Å². The maximum absolute atomic E-state index is 12.9. The minimum absolute atomic E-state index is 0.138.